The van der Waals surface area contributed by atoms with Crippen LogP contribution in [0.25, 0.3) is 0 Å². The zero-order valence-corrected chi connectivity index (χ0v) is 18.2. The highest BCUT2D eigenvalue weighted by Gasteiger charge is 2.39. The van der Waals surface area contributed by atoms with Crippen LogP contribution in [0, 0.1) is 11.8 Å². The highest BCUT2D eigenvalue weighted by atomic mass is 16.6. The largest absolute Gasteiger partial charge is 0.460 e. The molecule has 0 aliphatic carbocycles. The zero-order chi connectivity index (χ0) is 23.6. The molecule has 2 rings (SSSR count). The van der Waals surface area contributed by atoms with E-state index in [0.29, 0.717) is 24.8 Å². The minimum Gasteiger partial charge on any atom is -0.460 e. The van der Waals surface area contributed by atoms with E-state index >= 15 is 0 Å². The first-order valence-corrected chi connectivity index (χ1v) is 9.90. The van der Waals surface area contributed by atoms with E-state index < -0.39 is 41.5 Å². The van der Waals surface area contributed by atoms with Gasteiger partial charge in [0.05, 0.1) is 5.92 Å². The van der Waals surface area contributed by atoms with E-state index in [0.717, 1.165) is 0 Å². The van der Waals surface area contributed by atoms with Gasteiger partial charge in [0.2, 0.25) is 0 Å². The third-order valence-corrected chi connectivity index (χ3v) is 4.35. The number of aldehydes is 1. The molecule has 0 N–H and O–H groups in total. The van der Waals surface area contributed by atoms with Crippen molar-refractivity contribution in [2.24, 2.45) is 11.8 Å². The van der Waals surface area contributed by atoms with E-state index in [1.165, 1.54) is 11.0 Å². The topological polar surface area (TPSA) is 72.9 Å². The summed E-state index contributed by atoms with van der Waals surface area (Å²) in [6, 6.07) is 6.18. The van der Waals surface area contributed by atoms with Crippen LogP contribution < -0.4 is 0 Å². The maximum absolute atomic E-state index is 13.2. The molecule has 0 radical (unpaired) electrons. The Hall–Kier alpha value is -2.37. The van der Waals surface area contributed by atoms with Crippen LogP contribution in [0.15, 0.2) is 24.3 Å². The average Bonchev–Trinajstić information content (AvgIpc) is 3.08. The van der Waals surface area contributed by atoms with Crippen molar-refractivity contribution in [3.8, 4) is 0 Å². The highest BCUT2D eigenvalue weighted by Crippen LogP contribution is 2.30. The summed E-state index contributed by atoms with van der Waals surface area (Å²) in [4.78, 5) is 38.3. The van der Waals surface area contributed by atoms with Crippen LogP contribution in [-0.2, 0) is 20.6 Å². The van der Waals surface area contributed by atoms with E-state index in [4.69, 9.17) is 12.2 Å². The molecular weight excluding hydrogens is 370 g/mol. The van der Waals surface area contributed by atoms with Gasteiger partial charge in [-0.3, -0.25) is 9.59 Å². The SMILES string of the molecule is [2H]C([2H])(c1cccc(C=O)c1)[C@H](C(=O)OC(C)(C)C)[C@H]1CCN(C(=O)OC(C)(C)C)C1. The van der Waals surface area contributed by atoms with Gasteiger partial charge in [-0.25, -0.2) is 4.79 Å². The van der Waals surface area contributed by atoms with Crippen molar-refractivity contribution >= 4 is 18.3 Å². The summed E-state index contributed by atoms with van der Waals surface area (Å²) in [5.74, 6) is -2.27. The van der Waals surface area contributed by atoms with Gasteiger partial charge in [-0.2, -0.15) is 0 Å². The summed E-state index contributed by atoms with van der Waals surface area (Å²) in [6.07, 6.45) is -1.50. The molecule has 0 bridgehead atoms. The standard InChI is InChI=1S/C23H33NO5/c1-22(2,3)28-20(26)19(13-16-8-7-9-17(12-16)15-25)18-10-11-24(14-18)21(27)29-23(4,5)6/h7-9,12,15,18-19H,10-11,13-14H2,1-6H3/t18-,19-/m0/s1/i13D2. The highest BCUT2D eigenvalue weighted by molar-refractivity contribution is 5.76. The number of carbonyl (C=O) groups is 3. The van der Waals surface area contributed by atoms with Crippen molar-refractivity contribution in [3.63, 3.8) is 0 Å². The van der Waals surface area contributed by atoms with Crippen molar-refractivity contribution in [2.75, 3.05) is 13.1 Å². The number of carbonyl (C=O) groups excluding carboxylic acids is 3. The Kier molecular flexibility index (Phi) is 6.16. The molecule has 1 aliphatic rings. The first-order valence-electron chi connectivity index (χ1n) is 10.9. The van der Waals surface area contributed by atoms with Gasteiger partial charge in [0.25, 0.3) is 0 Å². The first-order chi connectivity index (χ1) is 14.1. The van der Waals surface area contributed by atoms with Gasteiger partial charge in [-0.15, -0.1) is 0 Å². The number of ether oxygens (including phenoxy) is 2. The Balaban J connectivity index is 2.36. The molecule has 1 aromatic carbocycles. The lowest BCUT2D eigenvalue weighted by Crippen LogP contribution is -2.38. The third kappa shape index (κ3) is 7.18. The molecule has 1 fully saturated rings. The minimum absolute atomic E-state index is 0.186. The average molecular weight is 406 g/mol. The van der Waals surface area contributed by atoms with Crippen LogP contribution in [-0.4, -0.2) is 47.5 Å². The number of amides is 1. The summed E-state index contributed by atoms with van der Waals surface area (Å²) < 4.78 is 28.7. The molecule has 1 saturated heterocycles. The third-order valence-electron chi connectivity index (χ3n) is 4.35. The van der Waals surface area contributed by atoms with Crippen LogP contribution in [0.2, 0.25) is 0 Å². The van der Waals surface area contributed by atoms with Gasteiger partial charge < -0.3 is 14.4 Å². The normalized spacial score (nSPS) is 19.8. The smallest absolute Gasteiger partial charge is 0.410 e. The predicted octanol–water partition coefficient (Wildman–Crippen LogP) is 4.26. The quantitative estimate of drug-likeness (QED) is 0.541. The van der Waals surface area contributed by atoms with E-state index in [2.05, 4.69) is 0 Å². The molecule has 1 amide bonds. The Morgan fingerprint density at radius 1 is 1.21 bits per heavy atom. The number of esters is 1. The molecule has 160 valence electrons. The molecule has 1 aliphatic heterocycles. The van der Waals surface area contributed by atoms with Crippen LogP contribution in [0.1, 0.15) is 66.6 Å². The van der Waals surface area contributed by atoms with Crippen LogP contribution in [0.4, 0.5) is 4.79 Å². The molecule has 1 heterocycles. The first kappa shape index (κ1) is 19.9. The maximum atomic E-state index is 13.2. The van der Waals surface area contributed by atoms with Gasteiger partial charge in [-0.05, 0) is 71.9 Å². The Morgan fingerprint density at radius 2 is 1.86 bits per heavy atom. The maximum Gasteiger partial charge on any atom is 0.410 e. The second-order valence-electron chi connectivity index (χ2n) is 9.37. The summed E-state index contributed by atoms with van der Waals surface area (Å²) in [5, 5.41) is 0. The zero-order valence-electron chi connectivity index (χ0n) is 20.2. The lowest BCUT2D eigenvalue weighted by Gasteiger charge is -2.28. The number of hydrogen-bond acceptors (Lipinski definition) is 5. The molecule has 2 atom stereocenters. The lowest BCUT2D eigenvalue weighted by molar-refractivity contribution is -0.161. The molecule has 29 heavy (non-hydrogen) atoms. The summed E-state index contributed by atoms with van der Waals surface area (Å²) in [5.41, 5.74) is -0.891. The molecule has 0 saturated carbocycles. The molecule has 6 nitrogen and oxygen atoms in total. The fraction of sp³-hybridized carbons (Fsp3) is 0.609. The summed E-state index contributed by atoms with van der Waals surface area (Å²) >= 11 is 0. The number of nitrogens with zero attached hydrogens (tertiary/aromatic N) is 1. The van der Waals surface area contributed by atoms with Gasteiger partial charge in [0.1, 0.15) is 17.5 Å². The summed E-state index contributed by atoms with van der Waals surface area (Å²) in [6.45, 7) is 11.1. The van der Waals surface area contributed by atoms with E-state index in [9.17, 15) is 14.4 Å². The van der Waals surface area contributed by atoms with Crippen molar-refractivity contribution in [1.82, 2.24) is 4.90 Å². The van der Waals surface area contributed by atoms with Gasteiger partial charge in [-0.1, -0.05) is 18.2 Å². The molecule has 0 spiro atoms. The fourth-order valence-electron chi connectivity index (χ4n) is 3.17. The van der Waals surface area contributed by atoms with Crippen molar-refractivity contribution in [3.05, 3.63) is 35.4 Å². The van der Waals surface area contributed by atoms with Gasteiger partial charge >= 0.3 is 12.1 Å². The summed E-state index contributed by atoms with van der Waals surface area (Å²) in [7, 11) is 0. The fourth-order valence-corrected chi connectivity index (χ4v) is 3.17. The Morgan fingerprint density at radius 3 is 2.45 bits per heavy atom. The van der Waals surface area contributed by atoms with Crippen LogP contribution in [0.3, 0.4) is 0 Å². The van der Waals surface area contributed by atoms with E-state index in [1.807, 2.05) is 0 Å². The molecule has 0 unspecified atom stereocenters. The minimum atomic E-state index is -2.10. The number of rotatable bonds is 5. The monoisotopic (exact) mass is 405 g/mol. The Bertz CT molecular complexity index is 826. The van der Waals surface area contributed by atoms with E-state index in [-0.39, 0.29) is 12.1 Å². The second kappa shape index (κ2) is 8.97. The predicted molar refractivity (Wildman–Crippen MR) is 111 cm³/mol. The molecule has 6 heteroatoms. The lowest BCUT2D eigenvalue weighted by atomic mass is 9.85. The van der Waals surface area contributed by atoms with E-state index in [1.54, 1.807) is 59.7 Å². The number of likely N-dealkylation sites (tertiary alicyclic amines) is 1. The van der Waals surface area contributed by atoms with Crippen molar-refractivity contribution < 1.29 is 26.6 Å². The van der Waals surface area contributed by atoms with Crippen molar-refractivity contribution in [2.45, 2.75) is 65.5 Å². The Labute approximate surface area is 176 Å². The van der Waals surface area contributed by atoms with Crippen molar-refractivity contribution in [1.29, 1.82) is 0 Å². The number of benzene rings is 1. The van der Waals surface area contributed by atoms with Crippen LogP contribution >= 0.6 is 0 Å². The molecular formula is C23H33NO5. The number of hydrogen-bond donors (Lipinski definition) is 0. The van der Waals surface area contributed by atoms with Gasteiger partial charge in [0.15, 0.2) is 0 Å². The second-order valence-corrected chi connectivity index (χ2v) is 9.37. The molecule has 1 aromatic rings. The molecule has 0 aromatic heterocycles. The van der Waals surface area contributed by atoms with Gasteiger partial charge in [0, 0.05) is 21.4 Å². The van der Waals surface area contributed by atoms with Crippen LogP contribution in [0.5, 0.6) is 0 Å².